The van der Waals surface area contributed by atoms with Crippen LogP contribution in [0.25, 0.3) is 0 Å². The number of aromatic amines is 1. The number of rotatable bonds is 4. The average molecular weight is 288 g/mol. The number of H-pyrrole nitrogens is 1. The minimum Gasteiger partial charge on any atom is -0.477 e. The molecular formula is C11H16N2O5S. The fourth-order valence-corrected chi connectivity index (χ4v) is 3.51. The van der Waals surface area contributed by atoms with E-state index in [1.807, 2.05) is 0 Å². The first-order valence-electron chi connectivity index (χ1n) is 5.92. The van der Waals surface area contributed by atoms with Crippen molar-refractivity contribution < 1.29 is 23.1 Å². The van der Waals surface area contributed by atoms with Crippen LogP contribution in [0.5, 0.6) is 0 Å². The van der Waals surface area contributed by atoms with E-state index in [9.17, 15) is 13.2 Å². The van der Waals surface area contributed by atoms with E-state index in [0.717, 1.165) is 0 Å². The Kier molecular flexibility index (Phi) is 3.81. The van der Waals surface area contributed by atoms with Crippen molar-refractivity contribution in [1.29, 1.82) is 0 Å². The van der Waals surface area contributed by atoms with Crippen LogP contribution in [0.15, 0.2) is 6.07 Å². The van der Waals surface area contributed by atoms with Gasteiger partial charge in [-0.1, -0.05) is 0 Å². The van der Waals surface area contributed by atoms with Crippen LogP contribution in [-0.4, -0.2) is 42.9 Å². The molecule has 0 aromatic carbocycles. The van der Waals surface area contributed by atoms with Gasteiger partial charge in [0.1, 0.15) is 5.69 Å². The standard InChI is InChI=1S/C11H16N2O5S/c1-7-6-9(10(12-7)11(14)15)13-19(16,17)8-2-4-18-5-3-8/h6,8,12-13H,2-5H2,1H3,(H,14,15). The molecule has 1 aromatic rings. The summed E-state index contributed by atoms with van der Waals surface area (Å²) in [5.41, 5.74) is 0.520. The van der Waals surface area contributed by atoms with Crippen LogP contribution in [0.3, 0.4) is 0 Å². The Hall–Kier alpha value is -1.54. The Balaban J connectivity index is 2.22. The van der Waals surface area contributed by atoms with Gasteiger partial charge in [0.25, 0.3) is 0 Å². The van der Waals surface area contributed by atoms with Gasteiger partial charge in [-0.05, 0) is 25.8 Å². The summed E-state index contributed by atoms with van der Waals surface area (Å²) in [5, 5.41) is 8.46. The quantitative estimate of drug-likeness (QED) is 0.764. The molecule has 0 amide bonds. The molecule has 1 aliphatic rings. The van der Waals surface area contributed by atoms with E-state index in [1.54, 1.807) is 6.92 Å². The van der Waals surface area contributed by atoms with Crippen LogP contribution in [0.2, 0.25) is 0 Å². The maximum absolute atomic E-state index is 12.2. The van der Waals surface area contributed by atoms with Crippen molar-refractivity contribution in [3.63, 3.8) is 0 Å². The van der Waals surface area contributed by atoms with Crippen molar-refractivity contribution in [2.45, 2.75) is 25.0 Å². The van der Waals surface area contributed by atoms with Gasteiger partial charge in [0, 0.05) is 18.9 Å². The summed E-state index contributed by atoms with van der Waals surface area (Å²) in [6, 6.07) is 1.47. The van der Waals surface area contributed by atoms with E-state index in [4.69, 9.17) is 9.84 Å². The lowest BCUT2D eigenvalue weighted by atomic mass is 10.2. The predicted molar refractivity (Wildman–Crippen MR) is 68.9 cm³/mol. The zero-order valence-corrected chi connectivity index (χ0v) is 11.3. The number of anilines is 1. The first kappa shape index (κ1) is 13.9. The molecule has 1 saturated heterocycles. The number of aryl methyl sites for hydroxylation is 1. The number of hydrogen-bond donors (Lipinski definition) is 3. The first-order valence-corrected chi connectivity index (χ1v) is 7.47. The molecule has 106 valence electrons. The van der Waals surface area contributed by atoms with E-state index in [0.29, 0.717) is 31.7 Å². The van der Waals surface area contributed by atoms with Crippen molar-refractivity contribution in [3.8, 4) is 0 Å². The summed E-state index contributed by atoms with van der Waals surface area (Å²) in [5.74, 6) is -1.20. The number of carbonyl (C=O) groups is 1. The lowest BCUT2D eigenvalue weighted by Crippen LogP contribution is -2.33. The van der Waals surface area contributed by atoms with Gasteiger partial charge < -0.3 is 14.8 Å². The molecular weight excluding hydrogens is 272 g/mol. The fourth-order valence-electron chi connectivity index (χ4n) is 2.06. The molecule has 0 saturated carbocycles. The third kappa shape index (κ3) is 3.07. The van der Waals surface area contributed by atoms with Gasteiger partial charge in [-0.3, -0.25) is 4.72 Å². The Bertz CT molecular complexity index is 572. The second-order valence-corrected chi connectivity index (χ2v) is 6.47. The smallest absolute Gasteiger partial charge is 0.354 e. The molecule has 0 radical (unpaired) electrons. The molecule has 1 fully saturated rings. The molecule has 1 aromatic heterocycles. The van der Waals surface area contributed by atoms with Crippen LogP contribution >= 0.6 is 0 Å². The SMILES string of the molecule is Cc1cc(NS(=O)(=O)C2CCOCC2)c(C(=O)O)[nH]1. The topological polar surface area (TPSA) is 108 Å². The lowest BCUT2D eigenvalue weighted by molar-refractivity contribution is 0.0692. The third-order valence-electron chi connectivity index (χ3n) is 3.03. The number of carboxylic acids is 1. The Morgan fingerprint density at radius 1 is 1.47 bits per heavy atom. The highest BCUT2D eigenvalue weighted by atomic mass is 32.2. The van der Waals surface area contributed by atoms with Crippen molar-refractivity contribution in [3.05, 3.63) is 17.5 Å². The lowest BCUT2D eigenvalue weighted by Gasteiger charge is -2.22. The fraction of sp³-hybridized carbons (Fsp3) is 0.545. The number of nitrogens with one attached hydrogen (secondary N) is 2. The summed E-state index contributed by atoms with van der Waals surface area (Å²) in [4.78, 5) is 13.6. The van der Waals surface area contributed by atoms with Crippen LogP contribution in [0.4, 0.5) is 5.69 Å². The largest absolute Gasteiger partial charge is 0.477 e. The van der Waals surface area contributed by atoms with E-state index < -0.39 is 21.2 Å². The van der Waals surface area contributed by atoms with Crippen molar-refractivity contribution in [2.75, 3.05) is 17.9 Å². The number of aromatic carboxylic acids is 1. The average Bonchev–Trinajstić information content (AvgIpc) is 2.71. The molecule has 8 heteroatoms. The van der Waals surface area contributed by atoms with Gasteiger partial charge in [0.2, 0.25) is 10.0 Å². The second kappa shape index (κ2) is 5.22. The van der Waals surface area contributed by atoms with Gasteiger partial charge in [0.05, 0.1) is 10.9 Å². The molecule has 0 aliphatic carbocycles. The monoisotopic (exact) mass is 288 g/mol. The van der Waals surface area contributed by atoms with Gasteiger partial charge in [-0.25, -0.2) is 13.2 Å². The van der Waals surface area contributed by atoms with Crippen LogP contribution < -0.4 is 4.72 Å². The number of ether oxygens (including phenoxy) is 1. The predicted octanol–water partition coefficient (Wildman–Crippen LogP) is 0.942. The zero-order valence-electron chi connectivity index (χ0n) is 10.5. The zero-order chi connectivity index (χ0) is 14.0. The minimum absolute atomic E-state index is 0.0801. The van der Waals surface area contributed by atoms with E-state index in [1.165, 1.54) is 6.07 Å². The molecule has 0 spiro atoms. The summed E-state index contributed by atoms with van der Waals surface area (Å²) in [6.07, 6.45) is 0.836. The van der Waals surface area contributed by atoms with Gasteiger partial charge >= 0.3 is 5.97 Å². The van der Waals surface area contributed by atoms with E-state index >= 15 is 0 Å². The van der Waals surface area contributed by atoms with Crippen LogP contribution in [0, 0.1) is 6.92 Å². The highest BCUT2D eigenvalue weighted by Gasteiger charge is 2.29. The van der Waals surface area contributed by atoms with Crippen molar-refractivity contribution in [1.82, 2.24) is 4.98 Å². The van der Waals surface area contributed by atoms with E-state index in [-0.39, 0.29) is 11.4 Å². The van der Waals surface area contributed by atoms with Crippen LogP contribution in [0.1, 0.15) is 29.0 Å². The third-order valence-corrected chi connectivity index (χ3v) is 4.88. The van der Waals surface area contributed by atoms with Gasteiger partial charge in [0.15, 0.2) is 0 Å². The number of aromatic nitrogens is 1. The first-order chi connectivity index (χ1) is 8.90. The molecule has 2 rings (SSSR count). The molecule has 2 heterocycles. The maximum Gasteiger partial charge on any atom is 0.354 e. The molecule has 3 N–H and O–H groups in total. The Labute approximate surface area is 111 Å². The number of carboxylic acid groups (broad SMARTS) is 1. The Morgan fingerprint density at radius 2 is 2.11 bits per heavy atom. The molecule has 7 nitrogen and oxygen atoms in total. The summed E-state index contributed by atoms with van der Waals surface area (Å²) in [6.45, 7) is 2.48. The van der Waals surface area contributed by atoms with Gasteiger partial charge in [-0.2, -0.15) is 0 Å². The van der Waals surface area contributed by atoms with Crippen molar-refractivity contribution >= 4 is 21.7 Å². The van der Waals surface area contributed by atoms with E-state index in [2.05, 4.69) is 9.71 Å². The highest BCUT2D eigenvalue weighted by Crippen LogP contribution is 2.23. The molecule has 0 bridgehead atoms. The molecule has 0 unspecified atom stereocenters. The second-order valence-electron chi connectivity index (χ2n) is 4.50. The van der Waals surface area contributed by atoms with Crippen molar-refractivity contribution in [2.24, 2.45) is 0 Å². The molecule has 19 heavy (non-hydrogen) atoms. The summed E-state index contributed by atoms with van der Waals surface area (Å²) in [7, 11) is -3.59. The number of hydrogen-bond acceptors (Lipinski definition) is 4. The minimum atomic E-state index is -3.59. The van der Waals surface area contributed by atoms with Gasteiger partial charge in [-0.15, -0.1) is 0 Å². The molecule has 0 atom stereocenters. The Morgan fingerprint density at radius 3 is 2.68 bits per heavy atom. The molecule has 1 aliphatic heterocycles. The highest BCUT2D eigenvalue weighted by molar-refractivity contribution is 7.93. The van der Waals surface area contributed by atoms with Crippen LogP contribution in [-0.2, 0) is 14.8 Å². The summed E-state index contributed by atoms with van der Waals surface area (Å²) >= 11 is 0. The maximum atomic E-state index is 12.2. The normalized spacial score (nSPS) is 17.3. The summed E-state index contributed by atoms with van der Waals surface area (Å²) < 4.78 is 31.8. The number of sulfonamides is 1.